The third kappa shape index (κ3) is 3.76. The van der Waals surface area contributed by atoms with Crippen molar-refractivity contribution in [3.05, 3.63) is 24.4 Å². The van der Waals surface area contributed by atoms with Crippen LogP contribution in [0.25, 0.3) is 0 Å². The maximum Gasteiger partial charge on any atom is 0.258 e. The van der Waals surface area contributed by atoms with Crippen LogP contribution in [0.1, 0.15) is 27.2 Å². The third-order valence-electron chi connectivity index (χ3n) is 3.21. The van der Waals surface area contributed by atoms with Gasteiger partial charge < -0.3 is 5.11 Å². The fourth-order valence-electron chi connectivity index (χ4n) is 1.44. The Hall–Kier alpha value is -0.980. The molecule has 1 aromatic rings. The average Bonchev–Trinajstić information content (AvgIpc) is 2.36. The van der Waals surface area contributed by atoms with Crippen molar-refractivity contribution in [3.63, 3.8) is 0 Å². The largest absolute Gasteiger partial charge is 0.389 e. The van der Waals surface area contributed by atoms with Gasteiger partial charge in [-0.25, -0.2) is 18.1 Å². The number of aliphatic hydroxyl groups is 1. The van der Waals surface area contributed by atoms with E-state index < -0.39 is 15.6 Å². The fraction of sp³-hybridized carbons (Fsp3) is 0.583. The van der Waals surface area contributed by atoms with E-state index in [4.69, 9.17) is 0 Å². The Morgan fingerprint density at radius 2 is 2.17 bits per heavy atom. The highest BCUT2D eigenvalue weighted by Crippen LogP contribution is 2.19. The van der Waals surface area contributed by atoms with E-state index in [0.717, 1.165) is 6.42 Å². The maximum atomic E-state index is 11.9. The van der Waals surface area contributed by atoms with Gasteiger partial charge in [-0.1, -0.05) is 26.3 Å². The first kappa shape index (κ1) is 15.1. The highest BCUT2D eigenvalue weighted by atomic mass is 32.2. The van der Waals surface area contributed by atoms with Crippen molar-refractivity contribution in [2.75, 3.05) is 6.54 Å². The molecule has 1 rings (SSSR count). The molecule has 0 saturated heterocycles. The van der Waals surface area contributed by atoms with E-state index in [0.29, 0.717) is 0 Å². The lowest BCUT2D eigenvalue weighted by Gasteiger charge is -2.29. The molecule has 0 aliphatic heterocycles. The Bertz CT molecular complexity index is 471. The minimum Gasteiger partial charge on any atom is -0.389 e. The molecule has 1 heterocycles. The Kier molecular flexibility index (Phi) is 4.84. The first-order valence-corrected chi connectivity index (χ1v) is 7.41. The summed E-state index contributed by atoms with van der Waals surface area (Å²) in [7, 11) is -3.66. The van der Waals surface area contributed by atoms with E-state index in [-0.39, 0.29) is 17.5 Å². The van der Waals surface area contributed by atoms with Crippen molar-refractivity contribution in [2.45, 2.75) is 37.8 Å². The van der Waals surface area contributed by atoms with Crippen molar-refractivity contribution in [1.82, 2.24) is 9.71 Å². The molecule has 0 saturated carbocycles. The topological polar surface area (TPSA) is 79.3 Å². The van der Waals surface area contributed by atoms with Crippen LogP contribution in [-0.2, 0) is 10.0 Å². The number of hydrogen-bond donors (Lipinski definition) is 2. The molecule has 18 heavy (non-hydrogen) atoms. The molecule has 0 spiro atoms. The monoisotopic (exact) mass is 272 g/mol. The van der Waals surface area contributed by atoms with Crippen molar-refractivity contribution in [3.8, 4) is 0 Å². The van der Waals surface area contributed by atoms with Gasteiger partial charge >= 0.3 is 0 Å². The third-order valence-corrected chi connectivity index (χ3v) is 4.52. The summed E-state index contributed by atoms with van der Waals surface area (Å²) in [6.45, 7) is 5.43. The second-order valence-electron chi connectivity index (χ2n) is 4.66. The van der Waals surface area contributed by atoms with Crippen LogP contribution in [0.4, 0.5) is 0 Å². The maximum absolute atomic E-state index is 11.9. The zero-order valence-electron chi connectivity index (χ0n) is 10.9. The van der Waals surface area contributed by atoms with Gasteiger partial charge in [0.15, 0.2) is 5.03 Å². The molecule has 0 bridgehead atoms. The predicted molar refractivity (Wildman–Crippen MR) is 69.5 cm³/mol. The molecule has 0 aromatic carbocycles. The van der Waals surface area contributed by atoms with E-state index >= 15 is 0 Å². The lowest BCUT2D eigenvalue weighted by Crippen LogP contribution is -2.45. The number of hydrogen-bond acceptors (Lipinski definition) is 4. The van der Waals surface area contributed by atoms with Crippen LogP contribution in [0.15, 0.2) is 29.4 Å². The van der Waals surface area contributed by atoms with Crippen LogP contribution < -0.4 is 4.72 Å². The smallest absolute Gasteiger partial charge is 0.258 e. The Morgan fingerprint density at radius 1 is 1.50 bits per heavy atom. The highest BCUT2D eigenvalue weighted by molar-refractivity contribution is 7.89. The first-order chi connectivity index (χ1) is 8.29. The van der Waals surface area contributed by atoms with Crippen molar-refractivity contribution < 1.29 is 13.5 Å². The van der Waals surface area contributed by atoms with Crippen LogP contribution in [0, 0.1) is 5.92 Å². The molecular weight excluding hydrogens is 252 g/mol. The second kappa shape index (κ2) is 5.77. The highest BCUT2D eigenvalue weighted by Gasteiger charge is 2.29. The quantitative estimate of drug-likeness (QED) is 0.814. The minimum atomic E-state index is -3.66. The van der Waals surface area contributed by atoms with E-state index in [9.17, 15) is 13.5 Å². The number of pyridine rings is 1. The lowest BCUT2D eigenvalue weighted by molar-refractivity contribution is 0.0102. The van der Waals surface area contributed by atoms with E-state index in [1.165, 1.54) is 12.3 Å². The van der Waals surface area contributed by atoms with Gasteiger partial charge in [0.05, 0.1) is 5.60 Å². The van der Waals surface area contributed by atoms with Crippen molar-refractivity contribution >= 4 is 10.0 Å². The molecule has 0 aliphatic rings. The van der Waals surface area contributed by atoms with Gasteiger partial charge in [-0.2, -0.15) is 0 Å². The molecule has 2 N–H and O–H groups in total. The van der Waals surface area contributed by atoms with Gasteiger partial charge in [0.1, 0.15) is 0 Å². The Balaban J connectivity index is 2.75. The Morgan fingerprint density at radius 3 is 2.67 bits per heavy atom. The van der Waals surface area contributed by atoms with Crippen molar-refractivity contribution in [1.29, 1.82) is 0 Å². The predicted octanol–water partition coefficient (Wildman–Crippen LogP) is 1.16. The molecule has 5 nitrogen and oxygen atoms in total. The van der Waals surface area contributed by atoms with Crippen molar-refractivity contribution in [2.24, 2.45) is 5.92 Å². The fourth-order valence-corrected chi connectivity index (χ4v) is 2.52. The normalized spacial score (nSPS) is 17.1. The number of rotatable bonds is 6. The van der Waals surface area contributed by atoms with E-state index in [1.807, 2.05) is 13.8 Å². The summed E-state index contributed by atoms with van der Waals surface area (Å²) < 4.78 is 26.2. The van der Waals surface area contributed by atoms with E-state index in [1.54, 1.807) is 19.1 Å². The molecule has 102 valence electrons. The molecule has 1 aromatic heterocycles. The summed E-state index contributed by atoms with van der Waals surface area (Å²) in [6.07, 6.45) is 2.19. The molecule has 0 fully saturated rings. The summed E-state index contributed by atoms with van der Waals surface area (Å²) in [5.41, 5.74) is -1.07. The van der Waals surface area contributed by atoms with Crippen LogP contribution in [-0.4, -0.2) is 30.7 Å². The summed E-state index contributed by atoms with van der Waals surface area (Å²) in [5, 5.41) is 10.1. The van der Waals surface area contributed by atoms with Gasteiger partial charge in [0.25, 0.3) is 10.0 Å². The van der Waals surface area contributed by atoms with Gasteiger partial charge in [-0.05, 0) is 25.0 Å². The molecule has 2 unspecified atom stereocenters. The lowest BCUT2D eigenvalue weighted by atomic mass is 9.89. The molecule has 6 heteroatoms. The van der Waals surface area contributed by atoms with Gasteiger partial charge in [-0.3, -0.25) is 0 Å². The van der Waals surface area contributed by atoms with Crippen LogP contribution in [0.3, 0.4) is 0 Å². The molecule has 0 amide bonds. The minimum absolute atomic E-state index is 0.00364. The molecular formula is C12H20N2O3S. The van der Waals surface area contributed by atoms with E-state index in [2.05, 4.69) is 9.71 Å². The Labute approximate surface area is 108 Å². The summed E-state index contributed by atoms with van der Waals surface area (Å²) >= 11 is 0. The number of aromatic nitrogens is 1. The van der Waals surface area contributed by atoms with Gasteiger partial charge in [-0.15, -0.1) is 0 Å². The van der Waals surface area contributed by atoms with Gasteiger partial charge in [0, 0.05) is 12.7 Å². The standard InChI is InChI=1S/C12H20N2O3S/c1-4-10(2)12(3,15)9-14-18(16,17)11-7-5-6-8-13-11/h5-8,10,14-15H,4,9H2,1-3H3. The first-order valence-electron chi connectivity index (χ1n) is 5.92. The number of nitrogens with one attached hydrogen (secondary N) is 1. The van der Waals surface area contributed by atoms with Gasteiger partial charge in [0.2, 0.25) is 0 Å². The van der Waals surface area contributed by atoms with Crippen LogP contribution >= 0.6 is 0 Å². The summed E-state index contributed by atoms with van der Waals surface area (Å²) in [6, 6.07) is 4.67. The average molecular weight is 272 g/mol. The summed E-state index contributed by atoms with van der Waals surface area (Å²) in [4.78, 5) is 3.78. The van der Waals surface area contributed by atoms with Crippen LogP contribution in [0.5, 0.6) is 0 Å². The number of sulfonamides is 1. The number of nitrogens with zero attached hydrogens (tertiary/aromatic N) is 1. The summed E-state index contributed by atoms with van der Waals surface area (Å²) in [5.74, 6) is 0.00364. The molecule has 2 atom stereocenters. The second-order valence-corrected chi connectivity index (χ2v) is 6.37. The zero-order chi connectivity index (χ0) is 13.8. The molecule has 0 radical (unpaired) electrons. The zero-order valence-corrected chi connectivity index (χ0v) is 11.7. The SMILES string of the molecule is CCC(C)C(C)(O)CNS(=O)(=O)c1ccccn1. The van der Waals surface area contributed by atoms with Crippen LogP contribution in [0.2, 0.25) is 0 Å². The molecule has 0 aliphatic carbocycles.